The number of hydrogen-bond donors (Lipinski definition) is 1. The molecule has 35 heavy (non-hydrogen) atoms. The zero-order valence-corrected chi connectivity index (χ0v) is 20.7. The Morgan fingerprint density at radius 1 is 1.09 bits per heavy atom. The predicted molar refractivity (Wildman–Crippen MR) is 136 cm³/mol. The SMILES string of the molecule is CCc1cccc(C(=O)Nc2cc3cn(CC(=O)N4CCC(N5CCCC5)CC4)nc3cc2C)n1. The lowest BCUT2D eigenvalue weighted by Gasteiger charge is -2.36. The van der Waals surface area contributed by atoms with Gasteiger partial charge in [0.15, 0.2) is 0 Å². The molecule has 1 aromatic carbocycles. The largest absolute Gasteiger partial charge is 0.341 e. The van der Waals surface area contributed by atoms with Crippen molar-refractivity contribution in [2.24, 2.45) is 0 Å². The molecule has 2 saturated heterocycles. The molecule has 2 aliphatic heterocycles. The van der Waals surface area contributed by atoms with Crippen LogP contribution in [0.2, 0.25) is 0 Å². The van der Waals surface area contributed by atoms with Crippen LogP contribution in [-0.4, -0.2) is 68.6 Å². The molecule has 2 amide bonds. The number of piperidine rings is 1. The van der Waals surface area contributed by atoms with Crippen molar-refractivity contribution in [1.29, 1.82) is 0 Å². The second-order valence-electron chi connectivity index (χ2n) is 9.73. The van der Waals surface area contributed by atoms with Crippen LogP contribution in [0.15, 0.2) is 36.5 Å². The van der Waals surface area contributed by atoms with E-state index in [1.54, 1.807) is 10.7 Å². The number of benzene rings is 1. The second kappa shape index (κ2) is 10.2. The number of carbonyl (C=O) groups excluding carboxylic acids is 2. The van der Waals surface area contributed by atoms with Gasteiger partial charge in [0.2, 0.25) is 5.91 Å². The van der Waals surface area contributed by atoms with Crippen LogP contribution in [0.4, 0.5) is 5.69 Å². The lowest BCUT2D eigenvalue weighted by molar-refractivity contribution is -0.133. The summed E-state index contributed by atoms with van der Waals surface area (Å²) >= 11 is 0. The van der Waals surface area contributed by atoms with Gasteiger partial charge in [-0.3, -0.25) is 14.3 Å². The number of hydrogen-bond acceptors (Lipinski definition) is 5. The summed E-state index contributed by atoms with van der Waals surface area (Å²) in [4.78, 5) is 34.7. The number of carbonyl (C=O) groups is 2. The van der Waals surface area contributed by atoms with Crippen LogP contribution in [0.25, 0.3) is 10.9 Å². The number of aromatic nitrogens is 3. The highest BCUT2D eigenvalue weighted by Gasteiger charge is 2.28. The minimum absolute atomic E-state index is 0.116. The summed E-state index contributed by atoms with van der Waals surface area (Å²) in [5, 5.41) is 8.50. The van der Waals surface area contributed by atoms with E-state index < -0.39 is 0 Å². The molecule has 8 heteroatoms. The number of fused-ring (bicyclic) bond motifs is 1. The van der Waals surface area contributed by atoms with Crippen molar-refractivity contribution in [3.63, 3.8) is 0 Å². The third kappa shape index (κ3) is 5.22. The average molecular weight is 475 g/mol. The fourth-order valence-electron chi connectivity index (χ4n) is 5.26. The van der Waals surface area contributed by atoms with Crippen molar-refractivity contribution in [2.45, 2.75) is 58.5 Å². The topological polar surface area (TPSA) is 83.4 Å². The van der Waals surface area contributed by atoms with Crippen LogP contribution in [-0.2, 0) is 17.8 Å². The van der Waals surface area contributed by atoms with E-state index >= 15 is 0 Å². The van der Waals surface area contributed by atoms with Crippen molar-refractivity contribution in [3.8, 4) is 0 Å². The Kier molecular flexibility index (Phi) is 6.81. The van der Waals surface area contributed by atoms with Crippen LogP contribution in [0.5, 0.6) is 0 Å². The van der Waals surface area contributed by atoms with Gasteiger partial charge in [-0.1, -0.05) is 13.0 Å². The van der Waals surface area contributed by atoms with Gasteiger partial charge in [0.25, 0.3) is 5.91 Å². The Morgan fingerprint density at radius 3 is 2.60 bits per heavy atom. The first-order valence-corrected chi connectivity index (χ1v) is 12.8. The Morgan fingerprint density at radius 2 is 1.86 bits per heavy atom. The van der Waals surface area contributed by atoms with Gasteiger partial charge in [0.1, 0.15) is 12.2 Å². The first-order chi connectivity index (χ1) is 17.0. The molecule has 4 heterocycles. The van der Waals surface area contributed by atoms with Crippen LogP contribution >= 0.6 is 0 Å². The van der Waals surface area contributed by atoms with Crippen molar-refractivity contribution in [3.05, 3.63) is 53.5 Å². The number of pyridine rings is 1. The maximum atomic E-state index is 12.9. The normalized spacial score (nSPS) is 17.3. The van der Waals surface area contributed by atoms with E-state index in [9.17, 15) is 9.59 Å². The number of likely N-dealkylation sites (tertiary alicyclic amines) is 2. The minimum Gasteiger partial charge on any atom is -0.341 e. The summed E-state index contributed by atoms with van der Waals surface area (Å²) in [6, 6.07) is 9.99. The number of rotatable bonds is 6. The summed E-state index contributed by atoms with van der Waals surface area (Å²) in [5.41, 5.74) is 3.74. The molecule has 5 rings (SSSR count). The fourth-order valence-corrected chi connectivity index (χ4v) is 5.26. The summed E-state index contributed by atoms with van der Waals surface area (Å²) in [5.74, 6) is -0.118. The lowest BCUT2D eigenvalue weighted by atomic mass is 10.0. The molecule has 0 saturated carbocycles. The smallest absolute Gasteiger partial charge is 0.274 e. The van der Waals surface area contributed by atoms with Crippen molar-refractivity contribution in [1.82, 2.24) is 24.6 Å². The van der Waals surface area contributed by atoms with E-state index in [0.29, 0.717) is 11.7 Å². The van der Waals surface area contributed by atoms with Gasteiger partial charge < -0.3 is 15.1 Å². The quantitative estimate of drug-likeness (QED) is 0.590. The molecule has 0 bridgehead atoms. The lowest BCUT2D eigenvalue weighted by Crippen LogP contribution is -2.46. The number of anilines is 1. The van der Waals surface area contributed by atoms with E-state index in [1.165, 1.54) is 25.9 Å². The van der Waals surface area contributed by atoms with Gasteiger partial charge in [-0.25, -0.2) is 4.98 Å². The Hall–Kier alpha value is -3.26. The third-order valence-corrected chi connectivity index (χ3v) is 7.32. The molecular weight excluding hydrogens is 440 g/mol. The first kappa shape index (κ1) is 23.5. The van der Waals surface area contributed by atoms with E-state index in [0.717, 1.165) is 60.2 Å². The van der Waals surface area contributed by atoms with Crippen molar-refractivity contribution in [2.75, 3.05) is 31.5 Å². The molecule has 0 atom stereocenters. The monoisotopic (exact) mass is 474 g/mol. The molecule has 1 N–H and O–H groups in total. The Bertz CT molecular complexity index is 1220. The zero-order valence-electron chi connectivity index (χ0n) is 20.7. The molecule has 2 fully saturated rings. The molecular formula is C27H34N6O2. The summed E-state index contributed by atoms with van der Waals surface area (Å²) in [6.07, 6.45) is 7.39. The molecule has 2 aliphatic rings. The fraction of sp³-hybridized carbons (Fsp3) is 0.481. The highest BCUT2D eigenvalue weighted by atomic mass is 16.2. The summed E-state index contributed by atoms with van der Waals surface area (Å²) < 4.78 is 1.72. The number of aryl methyl sites for hydroxylation is 2. The van der Waals surface area contributed by atoms with Crippen LogP contribution in [0, 0.1) is 6.92 Å². The molecule has 8 nitrogen and oxygen atoms in total. The van der Waals surface area contributed by atoms with Crippen molar-refractivity contribution >= 4 is 28.4 Å². The first-order valence-electron chi connectivity index (χ1n) is 12.8. The summed E-state index contributed by atoms with van der Waals surface area (Å²) in [7, 11) is 0. The molecule has 0 spiro atoms. The highest BCUT2D eigenvalue weighted by molar-refractivity contribution is 6.04. The van der Waals surface area contributed by atoms with E-state index in [4.69, 9.17) is 0 Å². The second-order valence-corrected chi connectivity index (χ2v) is 9.73. The Labute approximate surface area is 206 Å². The molecule has 0 aliphatic carbocycles. The summed E-state index contributed by atoms with van der Waals surface area (Å²) in [6.45, 7) is 8.26. The molecule has 3 aromatic rings. The van der Waals surface area contributed by atoms with Crippen LogP contribution < -0.4 is 5.32 Å². The Balaban J connectivity index is 1.23. The van der Waals surface area contributed by atoms with Gasteiger partial charge in [-0.15, -0.1) is 0 Å². The van der Waals surface area contributed by atoms with Gasteiger partial charge >= 0.3 is 0 Å². The zero-order chi connectivity index (χ0) is 24.4. The molecule has 0 radical (unpaired) electrons. The van der Waals surface area contributed by atoms with Gasteiger partial charge in [-0.05, 0) is 81.9 Å². The average Bonchev–Trinajstić information content (AvgIpc) is 3.54. The standard InChI is InChI=1S/C27H34N6O2/c1-3-21-7-6-8-23(28-21)27(35)29-24-16-20-17-33(30-25(20)15-19(24)2)18-26(34)32-13-9-22(10-14-32)31-11-4-5-12-31/h6-8,15-17,22H,3-5,9-14,18H2,1-2H3,(H,29,35). The van der Waals surface area contributed by atoms with E-state index in [1.807, 2.05) is 49.2 Å². The van der Waals surface area contributed by atoms with Crippen LogP contribution in [0.1, 0.15) is 54.4 Å². The minimum atomic E-state index is -0.234. The molecule has 0 unspecified atom stereocenters. The van der Waals surface area contributed by atoms with Gasteiger partial charge in [0.05, 0.1) is 5.52 Å². The van der Waals surface area contributed by atoms with E-state index in [2.05, 4.69) is 20.3 Å². The predicted octanol–water partition coefficient (Wildman–Crippen LogP) is 3.64. The van der Waals surface area contributed by atoms with Gasteiger partial charge in [0, 0.05) is 42.1 Å². The maximum Gasteiger partial charge on any atom is 0.274 e. The maximum absolute atomic E-state index is 12.9. The van der Waals surface area contributed by atoms with Crippen molar-refractivity contribution < 1.29 is 9.59 Å². The van der Waals surface area contributed by atoms with Gasteiger partial charge in [-0.2, -0.15) is 5.10 Å². The molecule has 2 aromatic heterocycles. The molecule has 184 valence electrons. The van der Waals surface area contributed by atoms with Crippen LogP contribution in [0.3, 0.4) is 0 Å². The third-order valence-electron chi connectivity index (χ3n) is 7.32. The van der Waals surface area contributed by atoms with E-state index in [-0.39, 0.29) is 18.4 Å². The number of amides is 2. The highest BCUT2D eigenvalue weighted by Crippen LogP contribution is 2.24. The number of nitrogens with zero attached hydrogens (tertiary/aromatic N) is 5. The number of nitrogens with one attached hydrogen (secondary N) is 1.